The average Bonchev–Trinajstić information content (AvgIpc) is 3.21. The number of rotatable bonds is 3. The summed E-state index contributed by atoms with van der Waals surface area (Å²) in [5.74, 6) is -0.378. The van der Waals surface area contributed by atoms with Crippen molar-refractivity contribution in [1.82, 2.24) is 14.8 Å². The number of alkyl halides is 3. The van der Waals surface area contributed by atoms with Gasteiger partial charge >= 0.3 is 12.2 Å². The second kappa shape index (κ2) is 4.71. The average molecular weight is 299 g/mol. The molecule has 3 rings (SSSR count). The molecule has 1 aromatic rings. The number of carbonyl (C=O) groups excluding carboxylic acids is 2. The summed E-state index contributed by atoms with van der Waals surface area (Å²) in [4.78, 5) is 29.6. The molecule has 0 unspecified atom stereocenters. The zero-order chi connectivity index (χ0) is 15.2. The van der Waals surface area contributed by atoms with E-state index in [1.165, 1.54) is 11.0 Å². The smallest absolute Gasteiger partial charge is 0.312 e. The molecule has 21 heavy (non-hydrogen) atoms. The van der Waals surface area contributed by atoms with Crippen molar-refractivity contribution in [3.63, 3.8) is 0 Å². The van der Waals surface area contributed by atoms with Crippen LogP contribution in [0, 0.1) is 0 Å². The van der Waals surface area contributed by atoms with Crippen LogP contribution in [0.15, 0.2) is 18.3 Å². The van der Waals surface area contributed by atoms with Crippen molar-refractivity contribution in [1.29, 1.82) is 0 Å². The maximum Gasteiger partial charge on any atom is 0.433 e. The van der Waals surface area contributed by atoms with Gasteiger partial charge in [-0.05, 0) is 30.5 Å². The van der Waals surface area contributed by atoms with E-state index in [1.807, 2.05) is 0 Å². The van der Waals surface area contributed by atoms with Crippen molar-refractivity contribution in [3.8, 4) is 0 Å². The Hall–Kier alpha value is -2.12. The molecule has 1 saturated carbocycles. The van der Waals surface area contributed by atoms with Crippen LogP contribution in [0.25, 0.3) is 0 Å². The summed E-state index contributed by atoms with van der Waals surface area (Å²) in [7, 11) is 0. The lowest BCUT2D eigenvalue weighted by Crippen LogP contribution is -2.33. The van der Waals surface area contributed by atoms with Crippen LogP contribution in [-0.4, -0.2) is 39.3 Å². The summed E-state index contributed by atoms with van der Waals surface area (Å²) >= 11 is 0. The van der Waals surface area contributed by atoms with Crippen LogP contribution >= 0.6 is 0 Å². The van der Waals surface area contributed by atoms with Gasteiger partial charge in [-0.3, -0.25) is 14.7 Å². The van der Waals surface area contributed by atoms with Crippen LogP contribution in [-0.2, 0) is 17.5 Å². The van der Waals surface area contributed by atoms with Crippen molar-refractivity contribution in [2.24, 2.45) is 0 Å². The molecule has 0 spiro atoms. The Morgan fingerprint density at radius 3 is 2.62 bits per heavy atom. The van der Waals surface area contributed by atoms with Gasteiger partial charge in [0, 0.05) is 12.2 Å². The van der Waals surface area contributed by atoms with E-state index in [1.54, 1.807) is 0 Å². The molecule has 1 saturated heterocycles. The number of hydrogen-bond donors (Lipinski definition) is 0. The summed E-state index contributed by atoms with van der Waals surface area (Å²) in [6.07, 6.45) is -1.77. The molecule has 0 atom stereocenters. The number of nitrogens with zero attached hydrogens (tertiary/aromatic N) is 3. The molecule has 2 aliphatic rings. The third-order valence-corrected chi connectivity index (χ3v) is 3.53. The maximum absolute atomic E-state index is 12.6. The molecule has 2 heterocycles. The van der Waals surface area contributed by atoms with Gasteiger partial charge in [-0.15, -0.1) is 0 Å². The normalized spacial score (nSPS) is 19.6. The van der Waals surface area contributed by atoms with Gasteiger partial charge in [-0.25, -0.2) is 4.79 Å². The molecule has 0 bridgehead atoms. The molecular formula is C13H12F3N3O2. The van der Waals surface area contributed by atoms with Crippen LogP contribution in [0.2, 0.25) is 0 Å². The van der Waals surface area contributed by atoms with Gasteiger partial charge in [0.15, 0.2) is 0 Å². The van der Waals surface area contributed by atoms with Crippen LogP contribution < -0.4 is 0 Å². The van der Waals surface area contributed by atoms with E-state index in [9.17, 15) is 22.8 Å². The van der Waals surface area contributed by atoms with Crippen molar-refractivity contribution in [2.75, 3.05) is 6.54 Å². The molecule has 0 aromatic carbocycles. The van der Waals surface area contributed by atoms with Gasteiger partial charge < -0.3 is 4.90 Å². The van der Waals surface area contributed by atoms with E-state index < -0.39 is 17.9 Å². The first-order chi connectivity index (χ1) is 9.86. The summed E-state index contributed by atoms with van der Waals surface area (Å²) in [6.45, 7) is -0.146. The van der Waals surface area contributed by atoms with Gasteiger partial charge in [0.25, 0.3) is 5.91 Å². The number of urea groups is 1. The van der Waals surface area contributed by atoms with E-state index in [0.29, 0.717) is 0 Å². The number of halogens is 3. The van der Waals surface area contributed by atoms with Crippen molar-refractivity contribution in [3.05, 3.63) is 29.6 Å². The Morgan fingerprint density at radius 2 is 2.00 bits per heavy atom. The molecule has 8 heteroatoms. The standard InChI is InChI=1S/C13H12F3N3O2/c14-13(15,16)10-5-8(3-4-17-10)6-19-11(20)7-18(12(19)21)9-1-2-9/h3-5,9H,1-2,6-7H2. The highest BCUT2D eigenvalue weighted by atomic mass is 19.4. The Balaban J connectivity index is 1.77. The lowest BCUT2D eigenvalue weighted by molar-refractivity contribution is -0.141. The van der Waals surface area contributed by atoms with Gasteiger partial charge in [0.05, 0.1) is 6.54 Å². The zero-order valence-corrected chi connectivity index (χ0v) is 10.9. The largest absolute Gasteiger partial charge is 0.433 e. The first-order valence-electron chi connectivity index (χ1n) is 6.49. The van der Waals surface area contributed by atoms with Gasteiger partial charge in [-0.2, -0.15) is 13.2 Å². The van der Waals surface area contributed by atoms with Gasteiger partial charge in [-0.1, -0.05) is 0 Å². The molecule has 112 valence electrons. The minimum absolute atomic E-state index is 0.0146. The fraction of sp³-hybridized carbons (Fsp3) is 0.462. The number of pyridine rings is 1. The lowest BCUT2D eigenvalue weighted by Gasteiger charge is -2.17. The van der Waals surface area contributed by atoms with E-state index in [4.69, 9.17) is 0 Å². The fourth-order valence-electron chi connectivity index (χ4n) is 2.30. The second-order valence-electron chi connectivity index (χ2n) is 5.17. The molecule has 3 amide bonds. The molecule has 1 aromatic heterocycles. The van der Waals surface area contributed by atoms with Crippen LogP contribution in [0.5, 0.6) is 0 Å². The Bertz CT molecular complexity index is 599. The third-order valence-electron chi connectivity index (χ3n) is 3.53. The van der Waals surface area contributed by atoms with Crippen molar-refractivity contribution >= 4 is 11.9 Å². The number of carbonyl (C=O) groups is 2. The van der Waals surface area contributed by atoms with Crippen molar-refractivity contribution in [2.45, 2.75) is 31.6 Å². The predicted octanol–water partition coefficient (Wildman–Crippen LogP) is 2.03. The minimum Gasteiger partial charge on any atom is -0.312 e. The summed E-state index contributed by atoms with van der Waals surface area (Å²) < 4.78 is 37.8. The molecule has 1 aliphatic heterocycles. The van der Waals surface area contributed by atoms with Crippen molar-refractivity contribution < 1.29 is 22.8 Å². The lowest BCUT2D eigenvalue weighted by atomic mass is 10.2. The minimum atomic E-state index is -4.55. The summed E-state index contributed by atoms with van der Waals surface area (Å²) in [5.41, 5.74) is -0.796. The SMILES string of the molecule is O=C1CN(C2CC2)C(=O)N1Cc1ccnc(C(F)(F)F)c1. The van der Waals surface area contributed by atoms with E-state index in [2.05, 4.69) is 4.98 Å². The van der Waals surface area contributed by atoms with Crippen LogP contribution in [0.1, 0.15) is 24.1 Å². The topological polar surface area (TPSA) is 53.5 Å². The second-order valence-corrected chi connectivity index (χ2v) is 5.17. The zero-order valence-electron chi connectivity index (χ0n) is 10.9. The van der Waals surface area contributed by atoms with E-state index >= 15 is 0 Å². The molecule has 1 aliphatic carbocycles. The van der Waals surface area contributed by atoms with E-state index in [-0.39, 0.29) is 30.6 Å². The highest BCUT2D eigenvalue weighted by Gasteiger charge is 2.43. The summed E-state index contributed by atoms with van der Waals surface area (Å²) in [6, 6.07) is 1.91. The molecule has 0 radical (unpaired) electrons. The highest BCUT2D eigenvalue weighted by molar-refractivity contribution is 6.02. The quantitative estimate of drug-likeness (QED) is 0.802. The number of aromatic nitrogens is 1. The van der Waals surface area contributed by atoms with Gasteiger partial charge in [0.1, 0.15) is 12.2 Å². The molecule has 2 fully saturated rings. The number of hydrogen-bond acceptors (Lipinski definition) is 3. The molecular weight excluding hydrogens is 287 g/mol. The third kappa shape index (κ3) is 2.70. The Labute approximate surface area is 118 Å². The number of amides is 3. The first-order valence-corrected chi connectivity index (χ1v) is 6.49. The fourth-order valence-corrected chi connectivity index (χ4v) is 2.30. The monoisotopic (exact) mass is 299 g/mol. The van der Waals surface area contributed by atoms with Gasteiger partial charge in [0.2, 0.25) is 0 Å². The number of imide groups is 1. The highest BCUT2D eigenvalue weighted by Crippen LogP contribution is 2.31. The molecule has 5 nitrogen and oxygen atoms in total. The Kier molecular flexibility index (Phi) is 3.11. The predicted molar refractivity (Wildman–Crippen MR) is 64.9 cm³/mol. The summed E-state index contributed by atoms with van der Waals surface area (Å²) in [5, 5.41) is 0. The van der Waals surface area contributed by atoms with Crippen LogP contribution in [0.4, 0.5) is 18.0 Å². The maximum atomic E-state index is 12.6. The molecule has 0 N–H and O–H groups in total. The van der Waals surface area contributed by atoms with Crippen LogP contribution in [0.3, 0.4) is 0 Å². The van der Waals surface area contributed by atoms with E-state index in [0.717, 1.165) is 30.0 Å². The Morgan fingerprint density at radius 1 is 1.29 bits per heavy atom. The first kappa shape index (κ1) is 13.8.